The molecule has 3 amide bonds. The third kappa shape index (κ3) is 5.50. The molecule has 3 fully saturated rings. The molecule has 0 radical (unpaired) electrons. The topological polar surface area (TPSA) is 120 Å². The Morgan fingerprint density at radius 1 is 0.958 bits per heavy atom. The molecular formula is C38H46N4O6. The number of likely N-dealkylation sites (tertiary alicyclic amines) is 1. The lowest BCUT2D eigenvalue weighted by molar-refractivity contribution is -0.148. The van der Waals surface area contributed by atoms with Gasteiger partial charge in [0.15, 0.2) is 0 Å². The largest absolute Gasteiger partial charge is 0.494 e. The lowest BCUT2D eigenvalue weighted by Gasteiger charge is -2.37. The van der Waals surface area contributed by atoms with Gasteiger partial charge in [-0.25, -0.2) is 0 Å². The summed E-state index contributed by atoms with van der Waals surface area (Å²) in [5.41, 5.74) is 0.612. The van der Waals surface area contributed by atoms with Gasteiger partial charge >= 0.3 is 0 Å². The first kappa shape index (κ1) is 33.5. The Balaban J connectivity index is 1.38. The van der Waals surface area contributed by atoms with Crippen molar-refractivity contribution in [3.05, 3.63) is 84.4 Å². The Labute approximate surface area is 282 Å². The zero-order chi connectivity index (χ0) is 34.2. The molecule has 7 atom stereocenters. The molecule has 3 unspecified atom stereocenters. The highest BCUT2D eigenvalue weighted by molar-refractivity contribution is 6.05. The highest BCUT2D eigenvalue weighted by Gasteiger charge is 2.80. The predicted octanol–water partition coefficient (Wildman–Crippen LogP) is 5.25. The van der Waals surface area contributed by atoms with Gasteiger partial charge in [0.1, 0.15) is 17.4 Å². The summed E-state index contributed by atoms with van der Waals surface area (Å²) < 4.78 is 12.4. The molecule has 3 heterocycles. The lowest BCUT2D eigenvalue weighted by atomic mass is 9.62. The van der Waals surface area contributed by atoms with Crippen molar-refractivity contribution >= 4 is 34.8 Å². The van der Waals surface area contributed by atoms with Crippen LogP contribution in [0.1, 0.15) is 52.6 Å². The van der Waals surface area contributed by atoms with Gasteiger partial charge in [0.05, 0.1) is 36.7 Å². The maximum atomic E-state index is 14.8. The van der Waals surface area contributed by atoms with Gasteiger partial charge in [-0.15, -0.1) is 0 Å². The number of carbonyl (C=O) groups excluding carboxylic acids is 3. The molecule has 3 N–H and O–H groups in total. The summed E-state index contributed by atoms with van der Waals surface area (Å²) in [4.78, 5) is 47.3. The molecular weight excluding hydrogens is 608 g/mol. The second-order valence-corrected chi connectivity index (χ2v) is 13.2. The van der Waals surface area contributed by atoms with Gasteiger partial charge in [-0.05, 0) is 94.1 Å². The molecule has 3 aliphatic rings. The molecule has 3 aliphatic heterocycles. The molecule has 0 aliphatic carbocycles. The van der Waals surface area contributed by atoms with E-state index in [4.69, 9.17) is 9.47 Å². The molecule has 254 valence electrons. The van der Waals surface area contributed by atoms with Crippen LogP contribution >= 0.6 is 0 Å². The van der Waals surface area contributed by atoms with Gasteiger partial charge in [-0.3, -0.25) is 14.4 Å². The van der Waals surface area contributed by atoms with E-state index in [0.29, 0.717) is 35.7 Å². The normalized spacial score (nSPS) is 27.8. The van der Waals surface area contributed by atoms with Gasteiger partial charge < -0.3 is 35.0 Å². The molecule has 3 aromatic carbocycles. The molecule has 48 heavy (non-hydrogen) atoms. The maximum absolute atomic E-state index is 14.8. The first-order chi connectivity index (χ1) is 23.1. The standard InChI is InChI=1S/C38H46N4O6/c1-6-41(7-2)28-18-14-26(15-19-28)40-35(45)33-38-22-24(4)37(5,48-38)31(34(44)39-27-16-20-29(21-17-27)47-8-3)32(38)36(46)42(33)30(23-43)25-12-10-9-11-13-25/h9-21,24,30-33,43H,6-8,22-23H2,1-5H3,(H,39,44)(H,40,45)/t24?,30-,31+,32+,33?,37-,38?/m1/s1. The Morgan fingerprint density at radius 3 is 2.15 bits per heavy atom. The fraction of sp³-hybridized carbons (Fsp3) is 0.447. The summed E-state index contributed by atoms with van der Waals surface area (Å²) in [5.74, 6) is -2.39. The van der Waals surface area contributed by atoms with Gasteiger partial charge in [0.25, 0.3) is 0 Å². The van der Waals surface area contributed by atoms with Crippen LogP contribution in [0.15, 0.2) is 78.9 Å². The molecule has 2 bridgehead atoms. The Bertz CT molecular complexity index is 1630. The summed E-state index contributed by atoms with van der Waals surface area (Å²) in [6.45, 7) is 11.8. The number of amides is 3. The van der Waals surface area contributed by atoms with Crippen LogP contribution in [0.25, 0.3) is 0 Å². The van der Waals surface area contributed by atoms with Crippen LogP contribution in [0, 0.1) is 17.8 Å². The first-order valence-corrected chi connectivity index (χ1v) is 17.0. The smallest absolute Gasteiger partial charge is 0.250 e. The summed E-state index contributed by atoms with van der Waals surface area (Å²) >= 11 is 0. The van der Waals surface area contributed by atoms with Crippen LogP contribution in [0.2, 0.25) is 0 Å². The van der Waals surface area contributed by atoms with Crippen molar-refractivity contribution in [3.8, 4) is 5.75 Å². The molecule has 10 heteroatoms. The number of fused-ring (bicyclic) bond motifs is 1. The number of rotatable bonds is 12. The number of benzene rings is 3. The number of nitrogens with zero attached hydrogens (tertiary/aromatic N) is 2. The third-order valence-corrected chi connectivity index (χ3v) is 10.7. The SMILES string of the molecule is CCOc1ccc(NC(=O)[C@@H]2[C@H]3C(=O)N([C@H](CO)c4ccccc4)C(C(=O)Nc4ccc(N(CC)CC)cc4)C34CC(C)[C@@]2(C)O4)cc1. The molecule has 10 nitrogen and oxygen atoms in total. The van der Waals surface area contributed by atoms with E-state index in [9.17, 15) is 19.5 Å². The Hall–Kier alpha value is -4.41. The molecule has 3 saturated heterocycles. The van der Waals surface area contributed by atoms with Crippen LogP contribution in [0.5, 0.6) is 5.75 Å². The van der Waals surface area contributed by atoms with Gasteiger partial charge in [0.2, 0.25) is 17.7 Å². The zero-order valence-electron chi connectivity index (χ0n) is 28.3. The van der Waals surface area contributed by atoms with Crippen LogP contribution in [0.4, 0.5) is 17.1 Å². The minimum atomic E-state index is -1.28. The molecule has 0 aromatic heterocycles. The van der Waals surface area contributed by atoms with E-state index in [0.717, 1.165) is 18.8 Å². The van der Waals surface area contributed by atoms with Crippen molar-refractivity contribution in [2.45, 2.75) is 64.3 Å². The van der Waals surface area contributed by atoms with Gasteiger partial charge in [-0.1, -0.05) is 37.3 Å². The van der Waals surface area contributed by atoms with Crippen LogP contribution in [-0.2, 0) is 19.1 Å². The summed E-state index contributed by atoms with van der Waals surface area (Å²) in [6, 6.07) is 22.0. The summed E-state index contributed by atoms with van der Waals surface area (Å²) in [6.07, 6.45) is 0.412. The molecule has 6 rings (SSSR count). The van der Waals surface area contributed by atoms with E-state index in [1.54, 1.807) is 24.3 Å². The van der Waals surface area contributed by atoms with E-state index < -0.39 is 47.6 Å². The second kappa shape index (κ2) is 13.2. The average molecular weight is 655 g/mol. The van der Waals surface area contributed by atoms with Crippen molar-refractivity contribution in [2.24, 2.45) is 17.8 Å². The van der Waals surface area contributed by atoms with Crippen molar-refractivity contribution < 1.29 is 29.0 Å². The number of hydrogen-bond donors (Lipinski definition) is 3. The van der Waals surface area contributed by atoms with Gasteiger partial charge in [0, 0.05) is 30.2 Å². The number of nitrogens with one attached hydrogen (secondary N) is 2. The van der Waals surface area contributed by atoms with Crippen molar-refractivity contribution in [2.75, 3.05) is 41.8 Å². The zero-order valence-corrected chi connectivity index (χ0v) is 28.3. The van der Waals surface area contributed by atoms with E-state index >= 15 is 0 Å². The third-order valence-electron chi connectivity index (χ3n) is 10.7. The fourth-order valence-electron chi connectivity index (χ4n) is 8.32. The lowest BCUT2D eigenvalue weighted by Crippen LogP contribution is -2.54. The monoisotopic (exact) mass is 654 g/mol. The van der Waals surface area contributed by atoms with Gasteiger partial charge in [-0.2, -0.15) is 0 Å². The predicted molar refractivity (Wildman–Crippen MR) is 185 cm³/mol. The minimum absolute atomic E-state index is 0.134. The second-order valence-electron chi connectivity index (χ2n) is 13.2. The summed E-state index contributed by atoms with van der Waals surface area (Å²) in [5, 5.41) is 16.8. The number of anilines is 3. The Kier molecular flexibility index (Phi) is 9.24. The number of ether oxygens (including phenoxy) is 2. The highest BCUT2D eigenvalue weighted by Crippen LogP contribution is 2.66. The quantitative estimate of drug-likeness (QED) is 0.244. The van der Waals surface area contributed by atoms with Crippen molar-refractivity contribution in [3.63, 3.8) is 0 Å². The minimum Gasteiger partial charge on any atom is -0.494 e. The van der Waals surface area contributed by atoms with Crippen molar-refractivity contribution in [1.29, 1.82) is 0 Å². The maximum Gasteiger partial charge on any atom is 0.250 e. The Morgan fingerprint density at radius 2 is 1.56 bits per heavy atom. The number of carbonyl (C=O) groups is 3. The van der Waals surface area contributed by atoms with Crippen LogP contribution in [0.3, 0.4) is 0 Å². The van der Waals surface area contributed by atoms with E-state index in [1.165, 1.54) is 4.90 Å². The van der Waals surface area contributed by atoms with E-state index in [2.05, 4.69) is 29.4 Å². The molecule has 3 aromatic rings. The number of aliphatic hydroxyl groups is 1. The molecule has 0 saturated carbocycles. The first-order valence-electron chi connectivity index (χ1n) is 17.0. The average Bonchev–Trinajstić information content (AvgIpc) is 3.60. The van der Waals surface area contributed by atoms with Crippen molar-refractivity contribution in [1.82, 2.24) is 4.90 Å². The molecule has 1 spiro atoms. The van der Waals surface area contributed by atoms with Crippen LogP contribution in [-0.4, -0.2) is 71.3 Å². The fourth-order valence-corrected chi connectivity index (χ4v) is 8.32. The van der Waals surface area contributed by atoms with Crippen LogP contribution < -0.4 is 20.3 Å². The highest BCUT2D eigenvalue weighted by atomic mass is 16.5. The summed E-state index contributed by atoms with van der Waals surface area (Å²) in [7, 11) is 0. The van der Waals surface area contributed by atoms with E-state index in [-0.39, 0.29) is 17.7 Å². The van der Waals surface area contributed by atoms with E-state index in [1.807, 2.05) is 75.4 Å². The number of hydrogen-bond acceptors (Lipinski definition) is 7. The number of aliphatic hydroxyl groups excluding tert-OH is 1.